The number of likely N-dealkylation sites (tertiary alicyclic amines) is 1. The summed E-state index contributed by atoms with van der Waals surface area (Å²) in [5.41, 5.74) is 1.24. The lowest BCUT2D eigenvalue weighted by Gasteiger charge is -2.37. The van der Waals surface area contributed by atoms with Crippen LogP contribution >= 0.6 is 24.8 Å². The molecule has 0 radical (unpaired) electrons. The second kappa shape index (κ2) is 9.22. The molecule has 1 aromatic rings. The average Bonchev–Trinajstić information content (AvgIpc) is 3.09. The standard InChI is InChI=1S/C18H26N4O2.2ClH/c23-17(20-5-8-21-6-1-2-7-21)15-3-4-16-14-9-13(10-19-11-14)12-22(16)18(15)24;;/h3-4,13-14,19H,1-2,5-12H2,(H,20,23);2*1H/t13-,14+;;/m0../s1. The van der Waals surface area contributed by atoms with E-state index in [2.05, 4.69) is 15.5 Å². The largest absolute Gasteiger partial charge is 0.351 e. The summed E-state index contributed by atoms with van der Waals surface area (Å²) >= 11 is 0. The van der Waals surface area contributed by atoms with Gasteiger partial charge in [0, 0.05) is 37.8 Å². The Hall–Kier alpha value is -1.08. The topological polar surface area (TPSA) is 66.4 Å². The van der Waals surface area contributed by atoms with E-state index in [1.54, 1.807) is 6.07 Å². The third-order valence-corrected chi connectivity index (χ3v) is 5.67. The highest BCUT2D eigenvalue weighted by atomic mass is 35.5. The van der Waals surface area contributed by atoms with Crippen molar-refractivity contribution in [3.05, 3.63) is 33.7 Å². The number of hydrogen-bond acceptors (Lipinski definition) is 4. The summed E-state index contributed by atoms with van der Waals surface area (Å²) in [5.74, 6) is 0.670. The van der Waals surface area contributed by atoms with E-state index in [4.69, 9.17) is 0 Å². The molecule has 2 fully saturated rings. The highest BCUT2D eigenvalue weighted by Crippen LogP contribution is 2.31. The number of aromatic nitrogens is 1. The van der Waals surface area contributed by atoms with E-state index in [9.17, 15) is 9.59 Å². The number of rotatable bonds is 4. The van der Waals surface area contributed by atoms with Gasteiger partial charge in [0.15, 0.2) is 0 Å². The van der Waals surface area contributed by atoms with Crippen LogP contribution in [0.15, 0.2) is 16.9 Å². The molecule has 4 rings (SSSR count). The molecule has 0 spiro atoms. The molecule has 0 saturated carbocycles. The summed E-state index contributed by atoms with van der Waals surface area (Å²) in [5, 5.41) is 6.36. The Morgan fingerprint density at radius 3 is 2.73 bits per heavy atom. The van der Waals surface area contributed by atoms with Crippen LogP contribution in [0, 0.1) is 5.92 Å². The van der Waals surface area contributed by atoms with Gasteiger partial charge in [-0.3, -0.25) is 9.59 Å². The number of piperidine rings is 1. The highest BCUT2D eigenvalue weighted by molar-refractivity contribution is 5.93. The lowest BCUT2D eigenvalue weighted by molar-refractivity contribution is 0.0947. The van der Waals surface area contributed by atoms with Crippen LogP contribution in [0.2, 0.25) is 0 Å². The maximum Gasteiger partial charge on any atom is 0.263 e. The van der Waals surface area contributed by atoms with Crippen molar-refractivity contribution < 1.29 is 4.79 Å². The van der Waals surface area contributed by atoms with E-state index in [1.807, 2.05) is 10.6 Å². The molecule has 2 atom stereocenters. The molecule has 1 aromatic heterocycles. The molecule has 146 valence electrons. The Labute approximate surface area is 166 Å². The number of halogens is 2. The van der Waals surface area contributed by atoms with Crippen LogP contribution in [0.1, 0.15) is 41.2 Å². The predicted molar refractivity (Wildman–Crippen MR) is 107 cm³/mol. The maximum absolute atomic E-state index is 12.8. The van der Waals surface area contributed by atoms with Crippen molar-refractivity contribution in [3.63, 3.8) is 0 Å². The first kappa shape index (κ1) is 21.2. The number of hydrogen-bond donors (Lipinski definition) is 2. The minimum atomic E-state index is -0.233. The molecule has 0 aromatic carbocycles. The van der Waals surface area contributed by atoms with E-state index >= 15 is 0 Å². The fourth-order valence-electron chi connectivity index (χ4n) is 4.39. The summed E-state index contributed by atoms with van der Waals surface area (Å²) in [4.78, 5) is 27.5. The molecule has 8 heteroatoms. The van der Waals surface area contributed by atoms with Crippen LogP contribution in [0.25, 0.3) is 0 Å². The Morgan fingerprint density at radius 2 is 1.96 bits per heavy atom. The molecular weight excluding hydrogens is 375 g/mol. The molecule has 6 nitrogen and oxygen atoms in total. The van der Waals surface area contributed by atoms with Gasteiger partial charge in [-0.05, 0) is 56.9 Å². The van der Waals surface area contributed by atoms with E-state index in [0.717, 1.165) is 51.4 Å². The SMILES string of the molecule is Cl.Cl.O=C(NCCN1CCCC1)c1ccc2n(c1=O)C[C@@H]1CNC[C@H]2C1. The smallest absolute Gasteiger partial charge is 0.263 e. The Bertz CT molecular complexity index is 688. The highest BCUT2D eigenvalue weighted by Gasteiger charge is 2.31. The number of carbonyl (C=O) groups is 1. The molecule has 2 saturated heterocycles. The third kappa shape index (κ3) is 4.25. The van der Waals surface area contributed by atoms with Gasteiger partial charge in [-0.2, -0.15) is 0 Å². The van der Waals surface area contributed by atoms with Gasteiger partial charge < -0.3 is 20.1 Å². The molecular formula is C18H28Cl2N4O2. The third-order valence-electron chi connectivity index (χ3n) is 5.67. The van der Waals surface area contributed by atoms with Crippen LogP contribution in [-0.2, 0) is 6.54 Å². The Kier molecular flexibility index (Phi) is 7.52. The van der Waals surface area contributed by atoms with Crippen molar-refractivity contribution in [3.8, 4) is 0 Å². The van der Waals surface area contributed by atoms with Gasteiger partial charge in [-0.1, -0.05) is 0 Å². The number of pyridine rings is 1. The van der Waals surface area contributed by atoms with Crippen molar-refractivity contribution in [1.29, 1.82) is 0 Å². The first-order chi connectivity index (χ1) is 11.7. The van der Waals surface area contributed by atoms with Crippen LogP contribution in [0.4, 0.5) is 0 Å². The zero-order valence-corrected chi connectivity index (χ0v) is 16.5. The summed E-state index contributed by atoms with van der Waals surface area (Å²) in [6.07, 6.45) is 3.64. The normalized spacial score (nSPS) is 24.2. The summed E-state index contributed by atoms with van der Waals surface area (Å²) in [7, 11) is 0. The molecule has 1 amide bonds. The van der Waals surface area contributed by atoms with Gasteiger partial charge in [0.25, 0.3) is 11.5 Å². The fraction of sp³-hybridized carbons (Fsp3) is 0.667. The van der Waals surface area contributed by atoms with Crippen molar-refractivity contribution in [2.75, 3.05) is 39.3 Å². The zero-order valence-electron chi connectivity index (χ0n) is 14.9. The van der Waals surface area contributed by atoms with Crippen molar-refractivity contribution in [2.24, 2.45) is 5.92 Å². The minimum absolute atomic E-state index is 0. The van der Waals surface area contributed by atoms with Crippen molar-refractivity contribution in [2.45, 2.75) is 31.7 Å². The predicted octanol–water partition coefficient (Wildman–Crippen LogP) is 1.22. The van der Waals surface area contributed by atoms with Crippen molar-refractivity contribution in [1.82, 2.24) is 20.1 Å². The number of carbonyl (C=O) groups excluding carboxylic acids is 1. The second-order valence-electron chi connectivity index (χ2n) is 7.35. The van der Waals surface area contributed by atoms with E-state index in [0.29, 0.717) is 18.4 Å². The maximum atomic E-state index is 12.8. The molecule has 0 aliphatic carbocycles. The minimum Gasteiger partial charge on any atom is -0.351 e. The van der Waals surface area contributed by atoms with Gasteiger partial charge >= 0.3 is 0 Å². The second-order valence-corrected chi connectivity index (χ2v) is 7.35. The van der Waals surface area contributed by atoms with Crippen LogP contribution in [0.3, 0.4) is 0 Å². The summed E-state index contributed by atoms with van der Waals surface area (Å²) < 4.78 is 1.84. The quantitative estimate of drug-likeness (QED) is 0.794. The van der Waals surface area contributed by atoms with Gasteiger partial charge in [0.2, 0.25) is 0 Å². The Balaban J connectivity index is 0.00000121. The monoisotopic (exact) mass is 402 g/mol. The number of nitrogens with zero attached hydrogens (tertiary/aromatic N) is 2. The first-order valence-electron chi connectivity index (χ1n) is 9.17. The van der Waals surface area contributed by atoms with Gasteiger partial charge in [-0.25, -0.2) is 0 Å². The van der Waals surface area contributed by atoms with Gasteiger partial charge in [0.1, 0.15) is 5.56 Å². The summed E-state index contributed by atoms with van der Waals surface area (Å²) in [6.45, 7) is 6.34. The van der Waals surface area contributed by atoms with Crippen LogP contribution < -0.4 is 16.2 Å². The molecule has 4 heterocycles. The molecule has 0 unspecified atom stereocenters. The molecule has 3 aliphatic rings. The number of amides is 1. The van der Waals surface area contributed by atoms with E-state index in [1.165, 1.54) is 12.8 Å². The van der Waals surface area contributed by atoms with Gasteiger partial charge in [0.05, 0.1) is 0 Å². The number of nitrogens with one attached hydrogen (secondary N) is 2. The first-order valence-corrected chi connectivity index (χ1v) is 9.17. The van der Waals surface area contributed by atoms with Crippen LogP contribution in [-0.4, -0.2) is 54.6 Å². The van der Waals surface area contributed by atoms with E-state index in [-0.39, 0.29) is 41.8 Å². The molecule has 3 aliphatic heterocycles. The Morgan fingerprint density at radius 1 is 1.19 bits per heavy atom. The molecule has 26 heavy (non-hydrogen) atoms. The number of fused-ring (bicyclic) bond motifs is 4. The average molecular weight is 403 g/mol. The van der Waals surface area contributed by atoms with Crippen LogP contribution in [0.5, 0.6) is 0 Å². The summed E-state index contributed by atoms with van der Waals surface area (Å²) in [6, 6.07) is 3.69. The van der Waals surface area contributed by atoms with E-state index < -0.39 is 0 Å². The zero-order chi connectivity index (χ0) is 16.5. The van der Waals surface area contributed by atoms with Gasteiger partial charge in [-0.15, -0.1) is 24.8 Å². The van der Waals surface area contributed by atoms with Crippen molar-refractivity contribution >= 4 is 30.7 Å². The molecule has 2 bridgehead atoms. The lowest BCUT2D eigenvalue weighted by atomic mass is 9.84. The molecule has 2 N–H and O–H groups in total. The lowest BCUT2D eigenvalue weighted by Crippen LogP contribution is -2.46. The fourth-order valence-corrected chi connectivity index (χ4v) is 4.39.